The first-order valence-corrected chi connectivity index (χ1v) is 7.79. The van der Waals surface area contributed by atoms with Crippen LogP contribution >= 0.6 is 11.6 Å². The van der Waals surface area contributed by atoms with Crippen molar-refractivity contribution in [2.45, 2.75) is 57.1 Å². The third-order valence-electron chi connectivity index (χ3n) is 3.83. The molecule has 0 aromatic heterocycles. The fraction of sp³-hybridized carbons (Fsp3) is 0.714. The van der Waals surface area contributed by atoms with Gasteiger partial charge in [-0.3, -0.25) is 14.4 Å². The molecule has 5 atom stereocenters. The summed E-state index contributed by atoms with van der Waals surface area (Å²) in [7, 11) is 0. The maximum absolute atomic E-state index is 11.9. The van der Waals surface area contributed by atoms with E-state index in [2.05, 4.69) is 5.32 Å². The van der Waals surface area contributed by atoms with Crippen LogP contribution in [0, 0.1) is 0 Å². The first-order valence-electron chi connectivity index (χ1n) is 7.25. The molecule has 0 spiro atoms. The van der Waals surface area contributed by atoms with Gasteiger partial charge in [-0.25, -0.2) is 4.79 Å². The standard InChI is InChI=1S/C14H18ClNO8/c1-6(17)21-10-9-4-14(5-15,24-13(20)16-9)12(23-8(3)19)11(10)22-7(2)18/h9-12H,4-5H2,1-3H3,(H,16,20). The van der Waals surface area contributed by atoms with Crippen molar-refractivity contribution >= 4 is 35.6 Å². The molecule has 0 radical (unpaired) electrons. The van der Waals surface area contributed by atoms with Gasteiger partial charge in [-0.1, -0.05) is 0 Å². The first kappa shape index (κ1) is 18.3. The maximum atomic E-state index is 11.9. The van der Waals surface area contributed by atoms with E-state index in [0.29, 0.717) is 0 Å². The topological polar surface area (TPSA) is 117 Å². The summed E-state index contributed by atoms with van der Waals surface area (Å²) in [5, 5.41) is 2.51. The van der Waals surface area contributed by atoms with Crippen LogP contribution in [-0.4, -0.2) is 59.8 Å². The van der Waals surface area contributed by atoms with E-state index in [4.69, 9.17) is 30.5 Å². The number of rotatable bonds is 4. The van der Waals surface area contributed by atoms with Crippen LogP contribution in [0.3, 0.4) is 0 Å². The van der Waals surface area contributed by atoms with Gasteiger partial charge in [0.1, 0.15) is 0 Å². The molecule has 0 aromatic carbocycles. The van der Waals surface area contributed by atoms with E-state index in [-0.39, 0.29) is 12.3 Å². The van der Waals surface area contributed by atoms with Crippen LogP contribution in [0.4, 0.5) is 4.79 Å². The lowest BCUT2D eigenvalue weighted by molar-refractivity contribution is -0.232. The van der Waals surface area contributed by atoms with Gasteiger partial charge in [0.05, 0.1) is 11.9 Å². The normalized spacial score (nSPS) is 34.4. The summed E-state index contributed by atoms with van der Waals surface area (Å²) in [4.78, 5) is 46.3. The largest absolute Gasteiger partial charge is 0.456 e. The number of esters is 3. The summed E-state index contributed by atoms with van der Waals surface area (Å²) >= 11 is 5.99. The predicted molar refractivity (Wildman–Crippen MR) is 78.1 cm³/mol. The SMILES string of the molecule is CC(=O)OC1C2CC(CCl)(OC(=O)N2)C(OC(C)=O)C1OC(C)=O. The quantitative estimate of drug-likeness (QED) is 0.429. The van der Waals surface area contributed by atoms with Gasteiger partial charge in [-0.2, -0.15) is 0 Å². The number of nitrogens with one attached hydrogen (secondary N) is 1. The van der Waals surface area contributed by atoms with Crippen LogP contribution in [-0.2, 0) is 33.3 Å². The Kier molecular flexibility index (Phi) is 5.22. The van der Waals surface area contributed by atoms with Crippen LogP contribution in [0.5, 0.6) is 0 Å². The van der Waals surface area contributed by atoms with E-state index in [1.54, 1.807) is 0 Å². The van der Waals surface area contributed by atoms with Gasteiger partial charge < -0.3 is 24.3 Å². The third-order valence-corrected chi connectivity index (χ3v) is 4.28. The molecule has 2 rings (SSSR count). The first-order chi connectivity index (χ1) is 11.2. The van der Waals surface area contributed by atoms with Gasteiger partial charge in [-0.15, -0.1) is 11.6 Å². The number of fused-ring (bicyclic) bond motifs is 2. The summed E-state index contributed by atoms with van der Waals surface area (Å²) in [6.07, 6.45) is -4.09. The Labute approximate surface area is 142 Å². The molecule has 2 bridgehead atoms. The van der Waals surface area contributed by atoms with Crippen molar-refractivity contribution in [2.24, 2.45) is 0 Å². The van der Waals surface area contributed by atoms with Crippen molar-refractivity contribution in [1.29, 1.82) is 0 Å². The lowest BCUT2D eigenvalue weighted by Crippen LogP contribution is -2.74. The average molecular weight is 364 g/mol. The second-order valence-corrected chi connectivity index (χ2v) is 5.99. The minimum atomic E-state index is -1.39. The highest BCUT2D eigenvalue weighted by Crippen LogP contribution is 2.41. The molecule has 9 nitrogen and oxygen atoms in total. The summed E-state index contributed by atoms with van der Waals surface area (Å²) in [6, 6.07) is -0.704. The molecule has 10 heteroatoms. The van der Waals surface area contributed by atoms with Crippen LogP contribution in [0.15, 0.2) is 0 Å². The van der Waals surface area contributed by atoms with E-state index < -0.39 is 54.0 Å². The second-order valence-electron chi connectivity index (χ2n) is 5.72. The fourth-order valence-electron chi connectivity index (χ4n) is 3.08. The second kappa shape index (κ2) is 6.84. The van der Waals surface area contributed by atoms with Gasteiger partial charge >= 0.3 is 24.0 Å². The van der Waals surface area contributed by atoms with Crippen molar-refractivity contribution in [3.05, 3.63) is 0 Å². The molecule has 1 amide bonds. The van der Waals surface area contributed by atoms with E-state index in [9.17, 15) is 19.2 Å². The van der Waals surface area contributed by atoms with Crippen molar-refractivity contribution in [3.8, 4) is 0 Å². The molecule has 1 aliphatic carbocycles. The zero-order valence-electron chi connectivity index (χ0n) is 13.4. The Morgan fingerprint density at radius 2 is 1.67 bits per heavy atom. The molecule has 1 aliphatic heterocycles. The summed E-state index contributed by atoms with van der Waals surface area (Å²) in [5.74, 6) is -2.20. The Hall–Kier alpha value is -2.03. The number of halogens is 1. The maximum Gasteiger partial charge on any atom is 0.408 e. The van der Waals surface area contributed by atoms with Gasteiger partial charge in [0.2, 0.25) is 0 Å². The number of amides is 1. The van der Waals surface area contributed by atoms with Crippen LogP contribution in [0.1, 0.15) is 27.2 Å². The van der Waals surface area contributed by atoms with E-state index >= 15 is 0 Å². The minimum Gasteiger partial charge on any atom is -0.456 e. The molecule has 134 valence electrons. The van der Waals surface area contributed by atoms with Gasteiger partial charge in [-0.05, 0) is 0 Å². The van der Waals surface area contributed by atoms with E-state index in [0.717, 1.165) is 13.8 Å². The number of alkyl carbamates (subject to hydrolysis) is 1. The van der Waals surface area contributed by atoms with Crippen LogP contribution < -0.4 is 5.32 Å². The highest BCUT2D eigenvalue weighted by atomic mass is 35.5. The predicted octanol–water partition coefficient (Wildman–Crippen LogP) is 0.271. The van der Waals surface area contributed by atoms with Crippen LogP contribution in [0.25, 0.3) is 0 Å². The smallest absolute Gasteiger partial charge is 0.408 e. The van der Waals surface area contributed by atoms with E-state index in [1.807, 2.05) is 0 Å². The molecular formula is C14H18ClNO8. The van der Waals surface area contributed by atoms with Gasteiger partial charge in [0.25, 0.3) is 0 Å². The summed E-state index contributed by atoms with van der Waals surface area (Å²) < 4.78 is 21.0. The Balaban J connectivity index is 2.48. The molecule has 1 N–H and O–H groups in total. The molecule has 1 saturated carbocycles. The minimum absolute atomic E-state index is 0.121. The Bertz CT molecular complexity index is 567. The van der Waals surface area contributed by atoms with Crippen LogP contribution in [0.2, 0.25) is 0 Å². The molecule has 1 heterocycles. The van der Waals surface area contributed by atoms with Crippen molar-refractivity contribution < 1.29 is 38.1 Å². The monoisotopic (exact) mass is 363 g/mol. The molecule has 24 heavy (non-hydrogen) atoms. The number of carbonyl (C=O) groups is 4. The Morgan fingerprint density at radius 3 is 2.17 bits per heavy atom. The number of carbonyl (C=O) groups excluding carboxylic acids is 4. The molecule has 0 aromatic rings. The molecule has 1 saturated heterocycles. The number of hydrogen-bond donors (Lipinski definition) is 1. The zero-order valence-corrected chi connectivity index (χ0v) is 14.1. The van der Waals surface area contributed by atoms with Gasteiger partial charge in [0.15, 0.2) is 23.9 Å². The summed E-state index contributed by atoms with van der Waals surface area (Å²) in [5.41, 5.74) is -1.39. The molecule has 5 unspecified atom stereocenters. The lowest BCUT2D eigenvalue weighted by atomic mass is 9.75. The third kappa shape index (κ3) is 3.55. The molecule has 2 aliphatic rings. The molecular weight excluding hydrogens is 346 g/mol. The highest BCUT2D eigenvalue weighted by Gasteiger charge is 2.63. The van der Waals surface area contributed by atoms with Crippen molar-refractivity contribution in [3.63, 3.8) is 0 Å². The zero-order chi connectivity index (χ0) is 18.1. The summed E-state index contributed by atoms with van der Waals surface area (Å²) in [6.45, 7) is 3.49. The number of alkyl halides is 1. The van der Waals surface area contributed by atoms with Crippen molar-refractivity contribution in [1.82, 2.24) is 5.32 Å². The van der Waals surface area contributed by atoms with Gasteiger partial charge in [0, 0.05) is 27.2 Å². The van der Waals surface area contributed by atoms with E-state index in [1.165, 1.54) is 6.92 Å². The highest BCUT2D eigenvalue weighted by molar-refractivity contribution is 6.18. The lowest BCUT2D eigenvalue weighted by Gasteiger charge is -2.52. The molecule has 2 fully saturated rings. The Morgan fingerprint density at radius 1 is 1.12 bits per heavy atom. The number of hydrogen-bond acceptors (Lipinski definition) is 8. The number of ether oxygens (including phenoxy) is 4. The fourth-order valence-corrected chi connectivity index (χ4v) is 3.39. The van der Waals surface area contributed by atoms with Crippen molar-refractivity contribution in [2.75, 3.05) is 5.88 Å². The average Bonchev–Trinajstić information content (AvgIpc) is 2.46.